The maximum Gasteiger partial charge on any atom is 0.230 e. The number of hydrogen-bond donors (Lipinski definition) is 2. The topological polar surface area (TPSA) is 29.1 Å². The van der Waals surface area contributed by atoms with Crippen LogP contribution in [0.25, 0.3) is 0 Å². The Morgan fingerprint density at radius 2 is 2.38 bits per heavy atom. The zero-order valence-electron chi connectivity index (χ0n) is 7.70. The highest BCUT2D eigenvalue weighted by Gasteiger charge is 2.09. The second-order valence-electron chi connectivity index (χ2n) is 2.90. The first-order valence-corrected chi connectivity index (χ1v) is 5.55. The molecule has 0 aliphatic heterocycles. The maximum absolute atomic E-state index is 11.0. The van der Waals surface area contributed by atoms with Crippen LogP contribution in [0.15, 0.2) is 12.1 Å². The molecule has 1 aromatic rings. The molecule has 0 aromatic carbocycles. The number of thiol groups is 1. The highest BCUT2D eigenvalue weighted by Crippen LogP contribution is 2.21. The summed E-state index contributed by atoms with van der Waals surface area (Å²) in [5.74, 6) is 0.219. The number of aryl methyl sites for hydroxylation is 1. The van der Waals surface area contributed by atoms with Gasteiger partial charge in [-0.25, -0.2) is 0 Å². The molecule has 1 N–H and O–H groups in total. The lowest BCUT2D eigenvalue weighted by atomic mass is 10.3. The van der Waals surface area contributed by atoms with Crippen molar-refractivity contribution in [1.29, 1.82) is 0 Å². The van der Waals surface area contributed by atoms with E-state index >= 15 is 0 Å². The first-order valence-electron chi connectivity index (χ1n) is 4.10. The third kappa shape index (κ3) is 3.04. The van der Waals surface area contributed by atoms with E-state index in [1.165, 1.54) is 9.75 Å². The Hall–Kier alpha value is -0.480. The van der Waals surface area contributed by atoms with Gasteiger partial charge in [0.05, 0.1) is 11.8 Å². The molecule has 13 heavy (non-hydrogen) atoms. The van der Waals surface area contributed by atoms with Gasteiger partial charge in [-0.1, -0.05) is 0 Å². The number of carbonyl (C=O) groups excluding carboxylic acids is 1. The molecule has 4 heteroatoms. The van der Waals surface area contributed by atoms with E-state index in [2.05, 4.69) is 30.9 Å². The fourth-order valence-electron chi connectivity index (χ4n) is 1.04. The fraction of sp³-hybridized carbons (Fsp3) is 0.444. The quantitative estimate of drug-likeness (QED) is 0.743. The van der Waals surface area contributed by atoms with Gasteiger partial charge >= 0.3 is 0 Å². The van der Waals surface area contributed by atoms with E-state index in [0.717, 1.165) is 0 Å². The van der Waals surface area contributed by atoms with Crippen LogP contribution in [0.3, 0.4) is 0 Å². The third-order valence-electron chi connectivity index (χ3n) is 1.71. The lowest BCUT2D eigenvalue weighted by Crippen LogP contribution is -2.26. The van der Waals surface area contributed by atoms with Crippen LogP contribution in [0.2, 0.25) is 0 Å². The summed E-state index contributed by atoms with van der Waals surface area (Å²) in [5.41, 5.74) is 0. The molecular weight excluding hydrogens is 202 g/mol. The number of hydrogen-bond acceptors (Lipinski definition) is 3. The van der Waals surface area contributed by atoms with Crippen molar-refractivity contribution in [2.75, 3.05) is 5.75 Å². The summed E-state index contributed by atoms with van der Waals surface area (Å²) < 4.78 is 0. The molecule has 0 aliphatic carbocycles. The molecule has 1 amide bonds. The fourth-order valence-corrected chi connectivity index (χ4v) is 2.02. The minimum Gasteiger partial charge on any atom is -0.348 e. The van der Waals surface area contributed by atoms with E-state index in [9.17, 15) is 4.79 Å². The monoisotopic (exact) mass is 215 g/mol. The van der Waals surface area contributed by atoms with Crippen LogP contribution >= 0.6 is 24.0 Å². The average Bonchev–Trinajstić information content (AvgIpc) is 2.51. The predicted molar refractivity (Wildman–Crippen MR) is 59.5 cm³/mol. The molecule has 0 fully saturated rings. The summed E-state index contributed by atoms with van der Waals surface area (Å²) in [4.78, 5) is 13.5. The van der Waals surface area contributed by atoms with Gasteiger partial charge in [-0.15, -0.1) is 11.3 Å². The second-order valence-corrected chi connectivity index (χ2v) is 4.53. The Morgan fingerprint density at radius 3 is 2.85 bits per heavy atom. The van der Waals surface area contributed by atoms with Crippen molar-refractivity contribution in [3.8, 4) is 0 Å². The van der Waals surface area contributed by atoms with Gasteiger partial charge in [0.15, 0.2) is 0 Å². The van der Waals surface area contributed by atoms with Crippen LogP contribution < -0.4 is 5.32 Å². The Balaban J connectivity index is 2.58. The molecule has 1 rings (SSSR count). The molecule has 1 heterocycles. The normalized spacial score (nSPS) is 12.5. The van der Waals surface area contributed by atoms with Gasteiger partial charge < -0.3 is 5.32 Å². The van der Waals surface area contributed by atoms with Gasteiger partial charge in [0.2, 0.25) is 5.91 Å². The summed E-state index contributed by atoms with van der Waals surface area (Å²) in [5, 5.41) is 2.85. The van der Waals surface area contributed by atoms with Crippen LogP contribution in [0, 0.1) is 6.92 Å². The Bertz CT molecular complexity index is 296. The molecule has 0 saturated carbocycles. The van der Waals surface area contributed by atoms with Gasteiger partial charge in [0, 0.05) is 9.75 Å². The lowest BCUT2D eigenvalue weighted by Gasteiger charge is -2.10. The van der Waals surface area contributed by atoms with E-state index < -0.39 is 0 Å². The van der Waals surface area contributed by atoms with Crippen LogP contribution in [-0.4, -0.2) is 11.7 Å². The second kappa shape index (κ2) is 4.67. The molecule has 72 valence electrons. The van der Waals surface area contributed by atoms with Crippen molar-refractivity contribution in [2.45, 2.75) is 19.9 Å². The highest BCUT2D eigenvalue weighted by molar-refractivity contribution is 7.81. The van der Waals surface area contributed by atoms with Gasteiger partial charge in [-0.05, 0) is 26.0 Å². The molecule has 0 radical (unpaired) electrons. The molecule has 1 aromatic heterocycles. The summed E-state index contributed by atoms with van der Waals surface area (Å²) in [6.07, 6.45) is 0. The summed E-state index contributed by atoms with van der Waals surface area (Å²) in [7, 11) is 0. The highest BCUT2D eigenvalue weighted by atomic mass is 32.1. The van der Waals surface area contributed by atoms with Crippen LogP contribution in [0.1, 0.15) is 22.7 Å². The first kappa shape index (κ1) is 10.6. The van der Waals surface area contributed by atoms with Crippen LogP contribution in [0.4, 0.5) is 0 Å². The van der Waals surface area contributed by atoms with Crippen molar-refractivity contribution in [1.82, 2.24) is 5.32 Å². The van der Waals surface area contributed by atoms with Crippen molar-refractivity contribution < 1.29 is 4.79 Å². The van der Waals surface area contributed by atoms with Gasteiger partial charge in [-0.2, -0.15) is 12.6 Å². The van der Waals surface area contributed by atoms with Crippen molar-refractivity contribution >= 4 is 29.9 Å². The van der Waals surface area contributed by atoms with Gasteiger partial charge in [0.1, 0.15) is 0 Å². The SMILES string of the molecule is Cc1ccc(C(C)NC(=O)CS)s1. The zero-order valence-corrected chi connectivity index (χ0v) is 9.41. The van der Waals surface area contributed by atoms with Crippen molar-refractivity contribution in [3.63, 3.8) is 0 Å². The number of amides is 1. The van der Waals surface area contributed by atoms with Crippen molar-refractivity contribution in [3.05, 3.63) is 21.9 Å². The minimum atomic E-state index is -0.0260. The van der Waals surface area contributed by atoms with Gasteiger partial charge in [0.25, 0.3) is 0 Å². The molecule has 2 nitrogen and oxygen atoms in total. The molecule has 0 saturated heterocycles. The van der Waals surface area contributed by atoms with Crippen LogP contribution in [-0.2, 0) is 4.79 Å². The standard InChI is InChI=1S/C9H13NOS2/c1-6-3-4-8(13-6)7(2)10-9(11)5-12/h3-4,7,12H,5H2,1-2H3,(H,10,11). The zero-order chi connectivity index (χ0) is 9.84. The summed E-state index contributed by atoms with van der Waals surface area (Å²) >= 11 is 5.61. The average molecular weight is 215 g/mol. The number of rotatable bonds is 3. The van der Waals surface area contributed by atoms with Crippen molar-refractivity contribution in [2.24, 2.45) is 0 Å². The number of thiophene rings is 1. The molecule has 0 spiro atoms. The summed E-state index contributed by atoms with van der Waals surface area (Å²) in [6, 6.07) is 4.20. The Kier molecular flexibility index (Phi) is 3.81. The number of nitrogens with one attached hydrogen (secondary N) is 1. The molecule has 0 bridgehead atoms. The van der Waals surface area contributed by atoms with Gasteiger partial charge in [-0.3, -0.25) is 4.79 Å². The van der Waals surface area contributed by atoms with E-state index in [0.29, 0.717) is 0 Å². The molecule has 1 atom stereocenters. The smallest absolute Gasteiger partial charge is 0.230 e. The first-order chi connectivity index (χ1) is 6.13. The Labute approximate surface area is 87.8 Å². The maximum atomic E-state index is 11.0. The third-order valence-corrected chi connectivity index (χ3v) is 3.18. The number of carbonyl (C=O) groups is 1. The predicted octanol–water partition coefficient (Wildman–Crippen LogP) is 2.16. The lowest BCUT2D eigenvalue weighted by molar-refractivity contribution is -0.119. The molecule has 1 unspecified atom stereocenters. The largest absolute Gasteiger partial charge is 0.348 e. The van der Waals surface area contributed by atoms with Crippen LogP contribution in [0.5, 0.6) is 0 Å². The minimum absolute atomic E-state index is 0.0260. The summed E-state index contributed by atoms with van der Waals surface area (Å²) in [6.45, 7) is 4.04. The van der Waals surface area contributed by atoms with E-state index in [1.807, 2.05) is 13.0 Å². The van der Waals surface area contributed by atoms with E-state index in [-0.39, 0.29) is 17.7 Å². The van der Waals surface area contributed by atoms with E-state index in [1.54, 1.807) is 11.3 Å². The Morgan fingerprint density at radius 1 is 1.69 bits per heavy atom. The molecule has 0 aliphatic rings. The molecular formula is C9H13NOS2. The van der Waals surface area contributed by atoms with E-state index in [4.69, 9.17) is 0 Å².